The van der Waals surface area contributed by atoms with E-state index in [-0.39, 0.29) is 35.0 Å². The smallest absolute Gasteiger partial charge is 0.257 e. The van der Waals surface area contributed by atoms with Crippen LogP contribution in [0.4, 0.5) is 5.69 Å². The zero-order valence-electron chi connectivity index (χ0n) is 13.5. The Hall–Kier alpha value is -2.05. The molecule has 1 aromatic heterocycles. The number of carbonyl (C=O) groups excluding carboxylic acids is 2. The number of halogens is 2. The molecule has 25 heavy (non-hydrogen) atoms. The Morgan fingerprint density at radius 1 is 1.24 bits per heavy atom. The molecule has 0 atom stereocenters. The highest BCUT2D eigenvalue weighted by atomic mass is 35.5. The van der Waals surface area contributed by atoms with Gasteiger partial charge in [-0.15, -0.1) is 0 Å². The molecule has 0 unspecified atom stereocenters. The van der Waals surface area contributed by atoms with Crippen molar-refractivity contribution in [1.29, 1.82) is 0 Å². The quantitative estimate of drug-likeness (QED) is 0.833. The van der Waals surface area contributed by atoms with Gasteiger partial charge < -0.3 is 10.6 Å². The molecule has 0 bridgehead atoms. The molecule has 8 heteroatoms. The number of nitrogens with one attached hydrogen (secondary N) is 2. The van der Waals surface area contributed by atoms with Gasteiger partial charge in [-0.2, -0.15) is 5.10 Å². The summed E-state index contributed by atoms with van der Waals surface area (Å²) in [6.07, 6.45) is 7.48. The minimum Gasteiger partial charge on any atom is -0.352 e. The van der Waals surface area contributed by atoms with E-state index in [1.54, 1.807) is 24.4 Å². The van der Waals surface area contributed by atoms with Crippen LogP contribution in [0.5, 0.6) is 0 Å². The molecule has 2 amide bonds. The first-order valence-electron chi connectivity index (χ1n) is 8.10. The third-order valence-electron chi connectivity index (χ3n) is 4.11. The van der Waals surface area contributed by atoms with E-state index in [9.17, 15) is 9.59 Å². The number of nitrogens with zero attached hydrogens (tertiary/aromatic N) is 2. The van der Waals surface area contributed by atoms with Crippen molar-refractivity contribution < 1.29 is 9.59 Å². The van der Waals surface area contributed by atoms with Crippen LogP contribution in [0, 0.1) is 0 Å². The number of hydrogen-bond acceptors (Lipinski definition) is 3. The number of carbonyl (C=O) groups is 2. The molecule has 0 aliphatic heterocycles. The molecule has 1 aromatic carbocycles. The van der Waals surface area contributed by atoms with E-state index in [1.807, 2.05) is 0 Å². The molecule has 1 fully saturated rings. The molecule has 0 saturated heterocycles. The molecule has 2 aromatic rings. The second kappa shape index (κ2) is 7.89. The molecule has 0 spiro atoms. The standard InChI is InChI=1S/C17H18Cl2N4O2/c18-14-7-3-6-13(16(14)19)17(25)22-12-8-20-23(9-12)10-15(24)21-11-4-1-2-5-11/h3,6-9,11H,1-2,4-5,10H2,(H,21,24)(H,22,25). The van der Waals surface area contributed by atoms with Crippen molar-refractivity contribution in [2.24, 2.45) is 0 Å². The summed E-state index contributed by atoms with van der Waals surface area (Å²) in [5.74, 6) is -0.465. The predicted octanol–water partition coefficient (Wildman–Crippen LogP) is 3.50. The van der Waals surface area contributed by atoms with Gasteiger partial charge in [0.25, 0.3) is 5.91 Å². The largest absolute Gasteiger partial charge is 0.352 e. The topological polar surface area (TPSA) is 76.0 Å². The van der Waals surface area contributed by atoms with E-state index in [1.165, 1.54) is 10.9 Å². The summed E-state index contributed by atoms with van der Waals surface area (Å²) in [6, 6.07) is 5.12. The second-order valence-corrected chi connectivity index (χ2v) is 6.82. The van der Waals surface area contributed by atoms with Crippen molar-refractivity contribution in [3.63, 3.8) is 0 Å². The fourth-order valence-corrected chi connectivity index (χ4v) is 3.27. The highest BCUT2D eigenvalue weighted by molar-refractivity contribution is 6.44. The van der Waals surface area contributed by atoms with Crippen LogP contribution in [-0.4, -0.2) is 27.6 Å². The van der Waals surface area contributed by atoms with Crippen LogP contribution in [0.25, 0.3) is 0 Å². The lowest BCUT2D eigenvalue weighted by molar-refractivity contribution is -0.122. The predicted molar refractivity (Wildman–Crippen MR) is 97.0 cm³/mol. The molecular weight excluding hydrogens is 363 g/mol. The fourth-order valence-electron chi connectivity index (χ4n) is 2.88. The number of aromatic nitrogens is 2. The lowest BCUT2D eigenvalue weighted by Crippen LogP contribution is -2.35. The molecule has 3 rings (SSSR count). The van der Waals surface area contributed by atoms with Crippen molar-refractivity contribution in [2.75, 3.05) is 5.32 Å². The van der Waals surface area contributed by atoms with Crippen LogP contribution in [0.1, 0.15) is 36.0 Å². The maximum absolute atomic E-state index is 12.3. The lowest BCUT2D eigenvalue weighted by Gasteiger charge is -2.11. The fraction of sp³-hybridized carbons (Fsp3) is 0.353. The molecule has 1 aliphatic carbocycles. The van der Waals surface area contributed by atoms with Gasteiger partial charge >= 0.3 is 0 Å². The van der Waals surface area contributed by atoms with Crippen molar-refractivity contribution >= 4 is 40.7 Å². The highest BCUT2D eigenvalue weighted by Gasteiger charge is 2.18. The average Bonchev–Trinajstić information content (AvgIpc) is 3.22. The normalized spacial score (nSPS) is 14.5. The summed E-state index contributed by atoms with van der Waals surface area (Å²) < 4.78 is 1.49. The molecule has 1 saturated carbocycles. The third kappa shape index (κ3) is 4.52. The Labute approximate surface area is 155 Å². The summed E-state index contributed by atoms with van der Waals surface area (Å²) in [5.41, 5.74) is 0.760. The van der Waals surface area contributed by atoms with Crippen LogP contribution in [-0.2, 0) is 11.3 Å². The summed E-state index contributed by atoms with van der Waals surface area (Å²) in [4.78, 5) is 24.3. The summed E-state index contributed by atoms with van der Waals surface area (Å²) >= 11 is 12.0. The zero-order chi connectivity index (χ0) is 17.8. The maximum atomic E-state index is 12.3. The van der Waals surface area contributed by atoms with Gasteiger partial charge in [-0.3, -0.25) is 14.3 Å². The Morgan fingerprint density at radius 3 is 2.76 bits per heavy atom. The van der Waals surface area contributed by atoms with Crippen LogP contribution < -0.4 is 10.6 Å². The minimum absolute atomic E-state index is 0.0780. The first kappa shape index (κ1) is 17.8. The van der Waals surface area contributed by atoms with E-state index in [4.69, 9.17) is 23.2 Å². The molecule has 0 radical (unpaired) electrons. The maximum Gasteiger partial charge on any atom is 0.257 e. The second-order valence-electron chi connectivity index (χ2n) is 6.03. The van der Waals surface area contributed by atoms with Crippen LogP contribution in [0.15, 0.2) is 30.6 Å². The van der Waals surface area contributed by atoms with Gasteiger partial charge in [0.15, 0.2) is 0 Å². The summed E-state index contributed by atoms with van der Waals surface area (Å²) in [5, 5.41) is 10.3. The van der Waals surface area contributed by atoms with Crippen molar-refractivity contribution in [2.45, 2.75) is 38.3 Å². The SMILES string of the molecule is O=C(Cn1cc(NC(=O)c2cccc(Cl)c2Cl)cn1)NC1CCCC1. The molecule has 132 valence electrons. The van der Waals surface area contributed by atoms with Gasteiger partial charge in [0, 0.05) is 12.2 Å². The van der Waals surface area contributed by atoms with Crippen LogP contribution >= 0.6 is 23.2 Å². The number of amides is 2. The van der Waals surface area contributed by atoms with Crippen molar-refractivity contribution in [1.82, 2.24) is 15.1 Å². The van der Waals surface area contributed by atoms with Gasteiger partial charge in [0.1, 0.15) is 6.54 Å². The van der Waals surface area contributed by atoms with E-state index in [0.29, 0.717) is 10.7 Å². The third-order valence-corrected chi connectivity index (χ3v) is 4.93. The van der Waals surface area contributed by atoms with Gasteiger partial charge in [0.05, 0.1) is 27.5 Å². The lowest BCUT2D eigenvalue weighted by atomic mass is 10.2. The van der Waals surface area contributed by atoms with E-state index in [2.05, 4.69) is 15.7 Å². The van der Waals surface area contributed by atoms with Gasteiger partial charge in [0.2, 0.25) is 5.91 Å². The summed E-state index contributed by atoms with van der Waals surface area (Å²) in [6.45, 7) is 0.115. The molecule has 1 heterocycles. The van der Waals surface area contributed by atoms with Crippen LogP contribution in [0.3, 0.4) is 0 Å². The zero-order valence-corrected chi connectivity index (χ0v) is 15.0. The highest BCUT2D eigenvalue weighted by Crippen LogP contribution is 2.26. The van der Waals surface area contributed by atoms with Gasteiger partial charge in [-0.1, -0.05) is 42.1 Å². The van der Waals surface area contributed by atoms with Gasteiger partial charge in [-0.05, 0) is 25.0 Å². The molecule has 2 N–H and O–H groups in total. The Kier molecular flexibility index (Phi) is 5.60. The molecular formula is C17H18Cl2N4O2. The molecule has 6 nitrogen and oxygen atoms in total. The number of rotatable bonds is 5. The van der Waals surface area contributed by atoms with Crippen molar-refractivity contribution in [3.8, 4) is 0 Å². The van der Waals surface area contributed by atoms with Crippen molar-refractivity contribution in [3.05, 3.63) is 46.2 Å². The number of hydrogen-bond donors (Lipinski definition) is 2. The van der Waals surface area contributed by atoms with Gasteiger partial charge in [-0.25, -0.2) is 0 Å². The average molecular weight is 381 g/mol. The number of anilines is 1. The van der Waals surface area contributed by atoms with E-state index < -0.39 is 0 Å². The first-order valence-corrected chi connectivity index (χ1v) is 8.85. The Balaban J connectivity index is 1.58. The Morgan fingerprint density at radius 2 is 2.00 bits per heavy atom. The Bertz CT molecular complexity index is 785. The van der Waals surface area contributed by atoms with Crippen LogP contribution in [0.2, 0.25) is 10.0 Å². The first-order chi connectivity index (χ1) is 12.0. The minimum atomic E-state index is -0.387. The summed E-state index contributed by atoms with van der Waals surface area (Å²) in [7, 11) is 0. The monoisotopic (exact) mass is 380 g/mol. The van der Waals surface area contributed by atoms with E-state index in [0.717, 1.165) is 25.7 Å². The number of benzene rings is 1. The molecule has 1 aliphatic rings. The van der Waals surface area contributed by atoms with E-state index >= 15 is 0 Å².